The molecule has 2 aromatic carbocycles. The van der Waals surface area contributed by atoms with Gasteiger partial charge in [0, 0.05) is 6.42 Å². The highest BCUT2D eigenvalue weighted by molar-refractivity contribution is 5.85. The van der Waals surface area contributed by atoms with Gasteiger partial charge in [-0.05, 0) is 37.1 Å². The van der Waals surface area contributed by atoms with E-state index in [9.17, 15) is 14.4 Å². The maximum Gasteiger partial charge on any atom is 0.408 e. The summed E-state index contributed by atoms with van der Waals surface area (Å²) < 4.78 is 13.1. The Morgan fingerprint density at radius 3 is 2.16 bits per heavy atom. The highest BCUT2D eigenvalue weighted by atomic mass is 16.5. The van der Waals surface area contributed by atoms with Crippen LogP contribution < -0.4 is 22.1 Å². The fourth-order valence-electron chi connectivity index (χ4n) is 4.16. The number of pyridine rings is 1. The average Bonchev–Trinajstić information content (AvgIpc) is 3.40. The van der Waals surface area contributed by atoms with Gasteiger partial charge in [0.1, 0.15) is 18.7 Å². The average molecular weight is 590 g/mol. The molecule has 43 heavy (non-hydrogen) atoms. The Bertz CT molecular complexity index is 1500. The Labute approximate surface area is 250 Å². The number of nitrogens with two attached hydrogens (primary N) is 2. The van der Waals surface area contributed by atoms with Crippen molar-refractivity contribution in [1.29, 1.82) is 0 Å². The third kappa shape index (κ3) is 9.09. The number of nitrogens with zero attached hydrogens (tertiary/aromatic N) is 3. The molecule has 0 aliphatic carbocycles. The summed E-state index contributed by atoms with van der Waals surface area (Å²) in [6.07, 6.45) is -0.597. The van der Waals surface area contributed by atoms with Gasteiger partial charge in [0.05, 0.1) is 24.4 Å². The van der Waals surface area contributed by atoms with Gasteiger partial charge in [-0.1, -0.05) is 74.2 Å². The van der Waals surface area contributed by atoms with Crippen LogP contribution in [0, 0.1) is 0 Å². The molecule has 0 aliphatic rings. The third-order valence-corrected chi connectivity index (χ3v) is 6.40. The van der Waals surface area contributed by atoms with Crippen molar-refractivity contribution in [2.45, 2.75) is 58.5 Å². The van der Waals surface area contributed by atoms with E-state index in [1.807, 2.05) is 60.7 Å². The second-order valence-corrected chi connectivity index (χ2v) is 10.4. The molecule has 2 atom stereocenters. The predicted molar refractivity (Wildman–Crippen MR) is 161 cm³/mol. The Kier molecular flexibility index (Phi) is 11.3. The first kappa shape index (κ1) is 32.7. The number of alkyl carbamates (subject to hydrolysis) is 1. The van der Waals surface area contributed by atoms with Crippen LogP contribution >= 0.6 is 0 Å². The highest BCUT2D eigenvalue weighted by Gasteiger charge is 2.29. The van der Waals surface area contributed by atoms with Gasteiger partial charge in [0.2, 0.25) is 11.8 Å². The van der Waals surface area contributed by atoms with E-state index < -0.39 is 35.5 Å². The van der Waals surface area contributed by atoms with E-state index in [1.54, 1.807) is 36.4 Å². The molecule has 0 bridgehead atoms. The van der Waals surface area contributed by atoms with Crippen LogP contribution in [0.4, 0.5) is 4.79 Å². The lowest BCUT2D eigenvalue weighted by molar-refractivity contribution is -0.126. The topological polar surface area (TPSA) is 176 Å². The van der Waals surface area contributed by atoms with Gasteiger partial charge in [0.25, 0.3) is 0 Å². The first-order valence-electron chi connectivity index (χ1n) is 13.4. The van der Waals surface area contributed by atoms with E-state index in [0.717, 1.165) is 11.1 Å². The molecule has 2 heterocycles. The number of carbonyl (C=O) groups is 3. The highest BCUT2D eigenvalue weighted by Crippen LogP contribution is 2.19. The monoisotopic (exact) mass is 589 g/mol. The molecule has 2 aromatic heterocycles. The Morgan fingerprint density at radius 2 is 1.53 bits per heavy atom. The van der Waals surface area contributed by atoms with Gasteiger partial charge in [-0.3, -0.25) is 14.0 Å². The number of primary amides is 1. The maximum atomic E-state index is 12.9. The molecule has 0 aliphatic heterocycles. The van der Waals surface area contributed by atoms with Crippen molar-refractivity contribution in [2.24, 2.45) is 11.5 Å². The smallest absolute Gasteiger partial charge is 0.408 e. The first-order valence-corrected chi connectivity index (χ1v) is 13.4. The summed E-state index contributed by atoms with van der Waals surface area (Å²) in [6, 6.07) is 22.3. The number of benzene rings is 2. The summed E-state index contributed by atoms with van der Waals surface area (Å²) in [6.45, 7) is 3.41. The molecule has 12 heteroatoms. The molecule has 3 amide bonds. The van der Waals surface area contributed by atoms with Crippen molar-refractivity contribution in [1.82, 2.24) is 25.2 Å². The van der Waals surface area contributed by atoms with E-state index >= 15 is 0 Å². The lowest BCUT2D eigenvalue weighted by Gasteiger charge is -2.24. The van der Waals surface area contributed by atoms with Crippen molar-refractivity contribution in [2.75, 3.05) is 6.61 Å². The molecule has 6 N–H and O–H groups in total. The minimum Gasteiger partial charge on any atom is -0.443 e. The quantitative estimate of drug-likeness (QED) is 0.184. The normalized spacial score (nSPS) is 12.5. The van der Waals surface area contributed by atoms with E-state index in [1.165, 1.54) is 0 Å². The van der Waals surface area contributed by atoms with Crippen LogP contribution in [0.1, 0.15) is 50.0 Å². The van der Waals surface area contributed by atoms with Crippen LogP contribution in [-0.4, -0.2) is 50.7 Å². The van der Waals surface area contributed by atoms with Gasteiger partial charge < -0.3 is 31.6 Å². The summed E-state index contributed by atoms with van der Waals surface area (Å²) in [5.74, 6) is -0.721. The molecule has 12 nitrogen and oxygen atoms in total. The van der Waals surface area contributed by atoms with E-state index in [0.29, 0.717) is 23.8 Å². The summed E-state index contributed by atoms with van der Waals surface area (Å²) in [5, 5.41) is 14.0. The van der Waals surface area contributed by atoms with Gasteiger partial charge in [-0.15, -0.1) is 10.2 Å². The van der Waals surface area contributed by atoms with E-state index in [-0.39, 0.29) is 27.1 Å². The van der Waals surface area contributed by atoms with Crippen LogP contribution in [0.15, 0.2) is 78.9 Å². The summed E-state index contributed by atoms with van der Waals surface area (Å²) in [5.41, 5.74) is 13.2. The van der Waals surface area contributed by atoms with Crippen molar-refractivity contribution in [3.8, 4) is 0 Å². The molecule has 228 valence electrons. The number of rotatable bonds is 13. The van der Waals surface area contributed by atoms with E-state index in [2.05, 4.69) is 20.8 Å². The number of carbonyl (C=O) groups excluding carboxylic acids is 3. The third-order valence-electron chi connectivity index (χ3n) is 6.40. The molecule has 0 saturated heterocycles. The number of fused-ring (bicyclic) bond motifs is 1. The molecule has 0 spiro atoms. The van der Waals surface area contributed by atoms with Gasteiger partial charge >= 0.3 is 6.09 Å². The fourth-order valence-corrected chi connectivity index (χ4v) is 4.16. The van der Waals surface area contributed by atoms with Crippen LogP contribution in [0.25, 0.3) is 5.65 Å². The number of aromatic nitrogens is 3. The molecule has 0 saturated carbocycles. The molecule has 4 rings (SSSR count). The Balaban J connectivity index is 0.00000506. The largest absolute Gasteiger partial charge is 0.443 e. The maximum absolute atomic E-state index is 12.9. The van der Waals surface area contributed by atoms with Crippen LogP contribution in [0.3, 0.4) is 0 Å². The molecule has 0 unspecified atom stereocenters. The minimum absolute atomic E-state index is 0. The standard InChI is InChI=1S/C30H35N7O5.CH4/c1-30(2,32)28(39)33-24(19-41-17-21-12-7-4-8-13-21)27-36-35-25-15-9-14-22(37(25)27)18-42-29(40)34-23(26(31)38)16-20-10-5-3-6-11-20;/h3-15,23-24H,16-19,32H2,1-2H3,(H2,31,38)(H,33,39)(H,34,40);1H4/t23-,24-;/m1./s1. The lowest BCUT2D eigenvalue weighted by atomic mass is 10.1. The number of hydrogen-bond donors (Lipinski definition) is 4. The number of ether oxygens (including phenoxy) is 2. The first-order chi connectivity index (χ1) is 20.1. The van der Waals surface area contributed by atoms with Crippen LogP contribution in [-0.2, 0) is 38.7 Å². The van der Waals surface area contributed by atoms with Crippen molar-refractivity contribution < 1.29 is 23.9 Å². The summed E-state index contributed by atoms with van der Waals surface area (Å²) in [7, 11) is 0. The van der Waals surface area contributed by atoms with Crippen LogP contribution in [0.2, 0.25) is 0 Å². The van der Waals surface area contributed by atoms with Gasteiger partial charge in [-0.2, -0.15) is 0 Å². The zero-order chi connectivity index (χ0) is 30.1. The number of amides is 3. The molecular weight excluding hydrogens is 550 g/mol. The Hall–Kier alpha value is -4.81. The molecule has 0 fully saturated rings. The van der Waals surface area contributed by atoms with Crippen molar-refractivity contribution in [3.05, 3.63) is 102 Å². The second kappa shape index (κ2) is 14.9. The van der Waals surface area contributed by atoms with Crippen molar-refractivity contribution in [3.63, 3.8) is 0 Å². The second-order valence-electron chi connectivity index (χ2n) is 10.4. The lowest BCUT2D eigenvalue weighted by Crippen LogP contribution is -2.51. The molecule has 0 radical (unpaired) electrons. The summed E-state index contributed by atoms with van der Waals surface area (Å²) >= 11 is 0. The zero-order valence-electron chi connectivity index (χ0n) is 23.5. The van der Waals surface area contributed by atoms with E-state index in [4.69, 9.17) is 20.9 Å². The summed E-state index contributed by atoms with van der Waals surface area (Å²) in [4.78, 5) is 37.5. The fraction of sp³-hybridized carbons (Fsp3) is 0.323. The molecule has 4 aromatic rings. The van der Waals surface area contributed by atoms with Gasteiger partial charge in [0.15, 0.2) is 11.5 Å². The minimum atomic E-state index is -1.15. The SMILES string of the molecule is C.CC(C)(N)C(=O)N[C@H](COCc1ccccc1)c1nnc2cccc(COC(=O)N[C@H](Cc3ccccc3)C(N)=O)n12. The molecular formula is C31H39N7O5. The van der Waals surface area contributed by atoms with Crippen LogP contribution in [0.5, 0.6) is 0 Å². The van der Waals surface area contributed by atoms with Crippen molar-refractivity contribution >= 4 is 23.6 Å². The number of hydrogen-bond acceptors (Lipinski definition) is 8. The van der Waals surface area contributed by atoms with Gasteiger partial charge in [-0.25, -0.2) is 4.79 Å². The Morgan fingerprint density at radius 1 is 0.884 bits per heavy atom. The zero-order valence-corrected chi connectivity index (χ0v) is 23.5. The predicted octanol–water partition coefficient (Wildman–Crippen LogP) is 2.80. The number of nitrogens with one attached hydrogen (secondary N) is 2.